The first-order valence-electron chi connectivity index (χ1n) is 11.6. The van der Waals surface area contributed by atoms with Crippen molar-refractivity contribution in [2.75, 3.05) is 32.9 Å². The summed E-state index contributed by atoms with van der Waals surface area (Å²) in [5.41, 5.74) is 1.54. The Morgan fingerprint density at radius 1 is 1.18 bits per heavy atom. The summed E-state index contributed by atoms with van der Waals surface area (Å²) < 4.78 is 17.8. The lowest BCUT2D eigenvalue weighted by Crippen LogP contribution is -2.50. The van der Waals surface area contributed by atoms with Crippen molar-refractivity contribution in [2.24, 2.45) is 0 Å². The van der Waals surface area contributed by atoms with Gasteiger partial charge in [-0.2, -0.15) is 0 Å². The lowest BCUT2D eigenvalue weighted by atomic mass is 10.0. The van der Waals surface area contributed by atoms with Gasteiger partial charge in [0.1, 0.15) is 11.9 Å². The molecule has 0 spiro atoms. The van der Waals surface area contributed by atoms with Gasteiger partial charge in [-0.3, -0.25) is 9.29 Å². The van der Waals surface area contributed by atoms with Crippen LogP contribution in [0.25, 0.3) is 0 Å². The van der Waals surface area contributed by atoms with E-state index in [0.29, 0.717) is 68.4 Å². The fourth-order valence-electron chi connectivity index (χ4n) is 3.86. The maximum absolute atomic E-state index is 12.6. The van der Waals surface area contributed by atoms with Crippen LogP contribution in [0.2, 0.25) is 5.02 Å². The summed E-state index contributed by atoms with van der Waals surface area (Å²) in [6.07, 6.45) is 0.416. The number of unbranched alkanes of at least 4 members (excludes halogenated alkanes) is 1. The fraction of sp³-hybridized carbons (Fsp3) is 0.480. The van der Waals surface area contributed by atoms with E-state index in [1.54, 1.807) is 36.4 Å². The molecule has 0 saturated carbocycles. The highest BCUT2D eigenvalue weighted by molar-refractivity contribution is 6.30. The second kappa shape index (κ2) is 13.5. The number of rotatable bonds is 12. The van der Waals surface area contributed by atoms with Crippen molar-refractivity contribution in [1.29, 1.82) is 0 Å². The molecule has 3 rings (SSSR count). The Morgan fingerprint density at radius 2 is 1.91 bits per heavy atom. The molecule has 1 heterocycles. The molecule has 1 fully saturated rings. The van der Waals surface area contributed by atoms with Crippen molar-refractivity contribution < 1.29 is 24.1 Å². The van der Waals surface area contributed by atoms with Crippen LogP contribution >= 0.6 is 11.6 Å². The van der Waals surface area contributed by atoms with Crippen LogP contribution in [0.3, 0.4) is 0 Å². The Bertz CT molecular complexity index is 885. The normalized spacial score (nSPS) is 17.8. The summed E-state index contributed by atoms with van der Waals surface area (Å²) in [5, 5.41) is 27.3. The average molecular weight is 494 g/mol. The zero-order chi connectivity index (χ0) is 24.3. The summed E-state index contributed by atoms with van der Waals surface area (Å²) in [4.78, 5) is 14.6. The molecular weight excluding hydrogens is 461 g/mol. The molecule has 186 valence electrons. The number of aliphatic hydroxyl groups is 2. The van der Waals surface area contributed by atoms with Crippen LogP contribution < -0.4 is 15.4 Å². The number of hydrogen-bond donors (Lipinski definition) is 4. The molecule has 1 aliphatic heterocycles. The van der Waals surface area contributed by atoms with Crippen LogP contribution in [-0.2, 0) is 6.54 Å². The lowest BCUT2D eigenvalue weighted by molar-refractivity contribution is 0.104. The highest BCUT2D eigenvalue weighted by Crippen LogP contribution is 2.22. The van der Waals surface area contributed by atoms with Gasteiger partial charge < -0.3 is 25.6 Å². The predicted molar refractivity (Wildman–Crippen MR) is 130 cm³/mol. The zero-order valence-electron chi connectivity index (χ0n) is 19.1. The number of nitrogens with zero attached hydrogens (tertiary/aromatic N) is 1. The molecule has 4 N–H and O–H groups in total. The number of likely N-dealkylation sites (tertiary alicyclic amines) is 1. The van der Waals surface area contributed by atoms with Gasteiger partial charge in [0.2, 0.25) is 0 Å². The maximum atomic E-state index is 12.6. The third kappa shape index (κ3) is 8.43. The zero-order valence-corrected chi connectivity index (χ0v) is 19.9. The first-order valence-corrected chi connectivity index (χ1v) is 12.0. The number of β-amino-alcohol motifs (C(OH)–C–C–N with tert-alkyl or cyclic N) is 1. The van der Waals surface area contributed by atoms with Crippen molar-refractivity contribution in [1.82, 2.24) is 15.5 Å². The quantitative estimate of drug-likeness (QED) is 0.340. The number of halogens is 2. The molecule has 7 nitrogen and oxygen atoms in total. The van der Waals surface area contributed by atoms with E-state index in [0.717, 1.165) is 5.56 Å². The van der Waals surface area contributed by atoms with E-state index in [1.807, 2.05) is 17.0 Å². The molecule has 2 aromatic carbocycles. The Labute approximate surface area is 204 Å². The number of aliphatic hydroxyl groups excluding tert-OH is 2. The number of amides is 2. The standard InChI is InChI=1S/C25H33ClFN3O4/c26-20-7-3-18(4-8-20)15-28-25(33)29-23(17-30-13-11-21(31)16-30)24(32)19-5-9-22(10-6-19)34-14-2-1-12-27/h3-10,21,23-24,31-32H,1-2,11-17H2,(H2,28,29,33)/t21?,23-,24-/m1/s1. The first kappa shape index (κ1) is 26.2. The summed E-state index contributed by atoms with van der Waals surface area (Å²) >= 11 is 5.90. The molecule has 34 heavy (non-hydrogen) atoms. The van der Waals surface area contributed by atoms with E-state index in [-0.39, 0.29) is 6.67 Å². The molecular formula is C25H33ClFN3O4. The monoisotopic (exact) mass is 493 g/mol. The van der Waals surface area contributed by atoms with E-state index in [1.165, 1.54) is 0 Å². The second-order valence-corrected chi connectivity index (χ2v) is 8.96. The average Bonchev–Trinajstić information content (AvgIpc) is 3.25. The van der Waals surface area contributed by atoms with Crippen LogP contribution in [0.15, 0.2) is 48.5 Å². The van der Waals surface area contributed by atoms with Gasteiger partial charge in [-0.25, -0.2) is 4.79 Å². The number of nitrogens with one attached hydrogen (secondary N) is 2. The van der Waals surface area contributed by atoms with Crippen molar-refractivity contribution in [3.63, 3.8) is 0 Å². The number of benzene rings is 2. The van der Waals surface area contributed by atoms with Crippen molar-refractivity contribution in [2.45, 2.75) is 44.1 Å². The number of ether oxygens (including phenoxy) is 1. The number of carbonyl (C=O) groups excluding carboxylic acids is 1. The van der Waals surface area contributed by atoms with Gasteiger partial charge in [0, 0.05) is 31.2 Å². The summed E-state index contributed by atoms with van der Waals surface area (Å²) in [7, 11) is 0. The summed E-state index contributed by atoms with van der Waals surface area (Å²) in [5.74, 6) is 0.641. The van der Waals surface area contributed by atoms with Crippen LogP contribution in [0, 0.1) is 0 Å². The van der Waals surface area contributed by atoms with Crippen molar-refractivity contribution in [3.05, 3.63) is 64.7 Å². The molecule has 0 aromatic heterocycles. The van der Waals surface area contributed by atoms with Gasteiger partial charge in [-0.1, -0.05) is 35.9 Å². The van der Waals surface area contributed by atoms with Gasteiger partial charge in [-0.15, -0.1) is 0 Å². The molecule has 1 saturated heterocycles. The number of urea groups is 1. The molecule has 2 aromatic rings. The van der Waals surface area contributed by atoms with Gasteiger partial charge >= 0.3 is 6.03 Å². The minimum atomic E-state index is -0.959. The van der Waals surface area contributed by atoms with E-state index in [4.69, 9.17) is 16.3 Å². The van der Waals surface area contributed by atoms with Crippen molar-refractivity contribution >= 4 is 17.6 Å². The third-order valence-corrected chi connectivity index (χ3v) is 6.04. The molecule has 0 aliphatic carbocycles. The van der Waals surface area contributed by atoms with Crippen LogP contribution in [-0.4, -0.2) is 66.2 Å². The minimum absolute atomic E-state index is 0.322. The topological polar surface area (TPSA) is 94.1 Å². The lowest BCUT2D eigenvalue weighted by Gasteiger charge is -2.29. The predicted octanol–water partition coefficient (Wildman–Crippen LogP) is 3.44. The summed E-state index contributed by atoms with van der Waals surface area (Å²) in [6, 6.07) is 13.2. The van der Waals surface area contributed by atoms with Gasteiger partial charge in [0.15, 0.2) is 0 Å². The highest BCUT2D eigenvalue weighted by atomic mass is 35.5. The van der Waals surface area contributed by atoms with Gasteiger partial charge in [0.25, 0.3) is 0 Å². The molecule has 0 bridgehead atoms. The first-order chi connectivity index (χ1) is 16.4. The Morgan fingerprint density at radius 3 is 2.56 bits per heavy atom. The van der Waals surface area contributed by atoms with E-state index >= 15 is 0 Å². The third-order valence-electron chi connectivity index (χ3n) is 5.78. The Hall–Kier alpha value is -2.39. The van der Waals surface area contributed by atoms with E-state index in [9.17, 15) is 19.4 Å². The maximum Gasteiger partial charge on any atom is 0.315 e. The minimum Gasteiger partial charge on any atom is -0.494 e. The number of carbonyl (C=O) groups is 1. The largest absolute Gasteiger partial charge is 0.494 e. The van der Waals surface area contributed by atoms with Crippen LogP contribution in [0.5, 0.6) is 5.75 Å². The van der Waals surface area contributed by atoms with Crippen molar-refractivity contribution in [3.8, 4) is 5.75 Å². The molecule has 1 unspecified atom stereocenters. The molecule has 2 amide bonds. The Balaban J connectivity index is 1.60. The highest BCUT2D eigenvalue weighted by Gasteiger charge is 2.29. The van der Waals surface area contributed by atoms with E-state index < -0.39 is 24.3 Å². The molecule has 9 heteroatoms. The fourth-order valence-corrected chi connectivity index (χ4v) is 3.99. The molecule has 3 atom stereocenters. The number of alkyl halides is 1. The molecule has 0 radical (unpaired) electrons. The molecule has 1 aliphatic rings. The van der Waals surface area contributed by atoms with Gasteiger partial charge in [-0.05, 0) is 54.7 Å². The Kier molecular flexibility index (Phi) is 10.4. The number of hydrogen-bond acceptors (Lipinski definition) is 5. The summed E-state index contributed by atoms with van der Waals surface area (Å²) in [6.45, 7) is 2.00. The van der Waals surface area contributed by atoms with Crippen LogP contribution in [0.4, 0.5) is 9.18 Å². The van der Waals surface area contributed by atoms with Gasteiger partial charge in [0.05, 0.1) is 25.4 Å². The SMILES string of the molecule is O=C(NCc1ccc(Cl)cc1)N[C@H](CN1CCC(O)C1)[C@H](O)c1ccc(OCCCCF)cc1. The van der Waals surface area contributed by atoms with E-state index in [2.05, 4.69) is 10.6 Å². The second-order valence-electron chi connectivity index (χ2n) is 8.52. The smallest absolute Gasteiger partial charge is 0.315 e. The van der Waals surface area contributed by atoms with Crippen LogP contribution in [0.1, 0.15) is 36.5 Å².